The number of alkyl halides is 3. The number of fused-ring (bicyclic) bond motifs is 1. The van der Waals surface area contributed by atoms with E-state index < -0.39 is 12.1 Å². The molecule has 2 rings (SSSR count). The van der Waals surface area contributed by atoms with Gasteiger partial charge in [-0.25, -0.2) is 14.8 Å². The fourth-order valence-electron chi connectivity index (χ4n) is 2.48. The number of imidazole rings is 1. The molecule has 0 bridgehead atoms. The number of aliphatic hydroxyl groups is 2. The van der Waals surface area contributed by atoms with Gasteiger partial charge in [0, 0.05) is 38.0 Å². The van der Waals surface area contributed by atoms with Crippen LogP contribution in [0.4, 0.5) is 19.0 Å². The Bertz CT molecular complexity index is 835. The highest BCUT2D eigenvalue weighted by Gasteiger charge is 2.38. The lowest BCUT2D eigenvalue weighted by Gasteiger charge is -2.16. The quantitative estimate of drug-likeness (QED) is 0.524. The third-order valence-electron chi connectivity index (χ3n) is 4.11. The van der Waals surface area contributed by atoms with Gasteiger partial charge in [-0.1, -0.05) is 0 Å². The Kier molecular flexibility index (Phi) is 8.80. The minimum atomic E-state index is -5.08. The summed E-state index contributed by atoms with van der Waals surface area (Å²) in [5.41, 5.74) is 9.39. The Hall–Kier alpha value is -2.44. The summed E-state index contributed by atoms with van der Waals surface area (Å²) in [6, 6.07) is 0. The molecule has 2 heterocycles. The zero-order valence-electron chi connectivity index (χ0n) is 16.3. The first-order valence-corrected chi connectivity index (χ1v) is 8.69. The summed E-state index contributed by atoms with van der Waals surface area (Å²) in [6.07, 6.45) is -5.08. The second-order valence-electron chi connectivity index (χ2n) is 6.21. The van der Waals surface area contributed by atoms with Crippen LogP contribution in [-0.4, -0.2) is 61.8 Å². The van der Waals surface area contributed by atoms with Crippen LogP contribution in [0.2, 0.25) is 0 Å². The number of nitrogen functional groups attached to an aromatic ring is 1. The van der Waals surface area contributed by atoms with E-state index in [0.717, 1.165) is 22.6 Å². The molecule has 0 atom stereocenters. The van der Waals surface area contributed by atoms with Crippen LogP contribution in [0.5, 0.6) is 0 Å². The summed E-state index contributed by atoms with van der Waals surface area (Å²) < 4.78 is 39.2. The molecule has 5 N–H and O–H groups in total. The highest BCUT2D eigenvalue weighted by molar-refractivity contribution is 5.88. The number of hydrogen-bond acceptors (Lipinski definition) is 7. The molecule has 0 amide bonds. The van der Waals surface area contributed by atoms with Crippen LogP contribution >= 0.6 is 0 Å². The second kappa shape index (κ2) is 10.4. The number of hydrogen-bond donors (Lipinski definition) is 4. The normalized spacial score (nSPS) is 11.6. The molecular formula is C17H25F3N4O5. The van der Waals surface area contributed by atoms with E-state index in [4.69, 9.17) is 20.4 Å². The number of aromatic nitrogens is 3. The van der Waals surface area contributed by atoms with Crippen LogP contribution in [0, 0.1) is 19.8 Å². The topological polar surface area (TPSA) is 144 Å². The van der Waals surface area contributed by atoms with E-state index in [9.17, 15) is 23.4 Å². The molecule has 29 heavy (non-hydrogen) atoms. The first kappa shape index (κ1) is 24.6. The molecule has 0 saturated carbocycles. The molecule has 0 aliphatic heterocycles. The van der Waals surface area contributed by atoms with E-state index in [2.05, 4.69) is 9.97 Å². The summed E-state index contributed by atoms with van der Waals surface area (Å²) in [4.78, 5) is 17.8. The molecule has 164 valence electrons. The van der Waals surface area contributed by atoms with Crippen LogP contribution < -0.4 is 5.73 Å². The number of aryl methyl sites for hydroxylation is 2. The van der Waals surface area contributed by atoms with Crippen molar-refractivity contribution in [3.05, 3.63) is 17.1 Å². The number of ether oxygens (including phenoxy) is 1. The lowest BCUT2D eigenvalue weighted by atomic mass is 10.1. The standard InChI is InChI=1S/C15H24N4O3.C2HF3O2/c1-4-22-8-12-18-13-14(9(2)10(3)17-15(13)16)19(12)5-11(6-20)7-21;3-2(4,5)1(6)7/h11,20-21H,4-8H2,1-3H3,(H2,16,17);(H,6,7). The maximum Gasteiger partial charge on any atom is 0.490 e. The number of halogens is 3. The van der Waals surface area contributed by atoms with E-state index in [-0.39, 0.29) is 19.1 Å². The van der Waals surface area contributed by atoms with Gasteiger partial charge < -0.3 is 30.4 Å². The number of carbonyl (C=O) groups is 1. The van der Waals surface area contributed by atoms with E-state index in [1.54, 1.807) is 0 Å². The van der Waals surface area contributed by atoms with Crippen molar-refractivity contribution < 1.29 is 38.0 Å². The summed E-state index contributed by atoms with van der Waals surface area (Å²) in [5.74, 6) is -1.90. The molecule has 0 aliphatic rings. The molecule has 2 aromatic heterocycles. The Balaban J connectivity index is 0.000000516. The van der Waals surface area contributed by atoms with Crippen LogP contribution in [0.25, 0.3) is 11.0 Å². The van der Waals surface area contributed by atoms with Crippen molar-refractivity contribution in [2.75, 3.05) is 25.6 Å². The average Bonchev–Trinajstić information content (AvgIpc) is 3.01. The summed E-state index contributed by atoms with van der Waals surface area (Å²) in [6.45, 7) is 6.99. The fraction of sp³-hybridized carbons (Fsp3) is 0.588. The van der Waals surface area contributed by atoms with E-state index in [1.807, 2.05) is 25.3 Å². The second-order valence-corrected chi connectivity index (χ2v) is 6.21. The third kappa shape index (κ3) is 6.27. The minimum absolute atomic E-state index is 0.0944. The Morgan fingerprint density at radius 2 is 1.79 bits per heavy atom. The van der Waals surface area contributed by atoms with Crippen molar-refractivity contribution in [2.24, 2.45) is 5.92 Å². The number of carboxylic acids is 1. The fourth-order valence-corrected chi connectivity index (χ4v) is 2.48. The number of nitrogens with zero attached hydrogens (tertiary/aromatic N) is 3. The third-order valence-corrected chi connectivity index (χ3v) is 4.11. The van der Waals surface area contributed by atoms with Gasteiger partial charge in [-0.2, -0.15) is 13.2 Å². The smallest absolute Gasteiger partial charge is 0.475 e. The zero-order chi connectivity index (χ0) is 22.4. The predicted octanol–water partition coefficient (Wildman–Crippen LogP) is 1.40. The minimum Gasteiger partial charge on any atom is -0.475 e. The Labute approximate surface area is 164 Å². The van der Waals surface area contributed by atoms with Gasteiger partial charge in [0.25, 0.3) is 0 Å². The van der Waals surface area contributed by atoms with Crippen LogP contribution in [0.15, 0.2) is 0 Å². The van der Waals surface area contributed by atoms with Gasteiger partial charge in [-0.15, -0.1) is 0 Å². The van der Waals surface area contributed by atoms with Crippen molar-refractivity contribution in [3.63, 3.8) is 0 Å². The first-order valence-electron chi connectivity index (χ1n) is 8.69. The van der Waals surface area contributed by atoms with E-state index in [0.29, 0.717) is 31.1 Å². The monoisotopic (exact) mass is 422 g/mol. The number of pyridine rings is 1. The number of nitrogens with two attached hydrogens (primary N) is 1. The molecule has 0 spiro atoms. The van der Waals surface area contributed by atoms with Crippen molar-refractivity contribution >= 4 is 22.8 Å². The molecule has 0 unspecified atom stereocenters. The summed E-state index contributed by atoms with van der Waals surface area (Å²) >= 11 is 0. The van der Waals surface area contributed by atoms with Gasteiger partial charge >= 0.3 is 12.1 Å². The van der Waals surface area contributed by atoms with Gasteiger partial charge in [0.05, 0.1) is 5.52 Å². The largest absolute Gasteiger partial charge is 0.490 e. The highest BCUT2D eigenvalue weighted by atomic mass is 19.4. The number of aliphatic hydroxyl groups excluding tert-OH is 2. The van der Waals surface area contributed by atoms with Crippen molar-refractivity contribution in [2.45, 2.75) is 40.1 Å². The lowest BCUT2D eigenvalue weighted by Crippen LogP contribution is -2.21. The number of rotatable bonds is 7. The van der Waals surface area contributed by atoms with E-state index >= 15 is 0 Å². The maximum atomic E-state index is 10.6. The SMILES string of the molecule is CCOCc1nc2c(N)nc(C)c(C)c2n1CC(CO)CO.O=C(O)C(F)(F)F. The van der Waals surface area contributed by atoms with Gasteiger partial charge in [-0.3, -0.25) is 0 Å². The van der Waals surface area contributed by atoms with Gasteiger partial charge in [0.1, 0.15) is 17.9 Å². The molecule has 9 nitrogen and oxygen atoms in total. The Morgan fingerprint density at radius 3 is 2.24 bits per heavy atom. The summed E-state index contributed by atoms with van der Waals surface area (Å²) in [5, 5.41) is 25.9. The number of aliphatic carboxylic acids is 1. The molecular weight excluding hydrogens is 397 g/mol. The van der Waals surface area contributed by atoms with Crippen LogP contribution in [0.1, 0.15) is 24.0 Å². The van der Waals surface area contributed by atoms with Crippen molar-refractivity contribution in [1.29, 1.82) is 0 Å². The number of carboxylic acid groups (broad SMARTS) is 1. The van der Waals surface area contributed by atoms with Crippen molar-refractivity contribution in [3.8, 4) is 0 Å². The molecule has 0 saturated heterocycles. The molecule has 0 fully saturated rings. The molecule has 0 radical (unpaired) electrons. The maximum absolute atomic E-state index is 10.6. The van der Waals surface area contributed by atoms with Gasteiger partial charge in [0.15, 0.2) is 5.82 Å². The predicted molar refractivity (Wildman–Crippen MR) is 98.1 cm³/mol. The van der Waals surface area contributed by atoms with Crippen LogP contribution in [0.3, 0.4) is 0 Å². The first-order chi connectivity index (χ1) is 13.5. The van der Waals surface area contributed by atoms with Crippen molar-refractivity contribution in [1.82, 2.24) is 14.5 Å². The van der Waals surface area contributed by atoms with Gasteiger partial charge in [0.2, 0.25) is 0 Å². The molecule has 12 heteroatoms. The zero-order valence-corrected chi connectivity index (χ0v) is 16.3. The van der Waals surface area contributed by atoms with E-state index in [1.165, 1.54) is 0 Å². The molecule has 0 aliphatic carbocycles. The Morgan fingerprint density at radius 1 is 1.24 bits per heavy atom. The summed E-state index contributed by atoms with van der Waals surface area (Å²) in [7, 11) is 0. The number of anilines is 1. The molecule has 0 aromatic carbocycles. The molecule has 2 aromatic rings. The highest BCUT2D eigenvalue weighted by Crippen LogP contribution is 2.27. The lowest BCUT2D eigenvalue weighted by molar-refractivity contribution is -0.192. The van der Waals surface area contributed by atoms with Gasteiger partial charge in [-0.05, 0) is 26.3 Å². The van der Waals surface area contributed by atoms with Crippen LogP contribution in [-0.2, 0) is 22.7 Å². The average molecular weight is 422 g/mol.